The van der Waals surface area contributed by atoms with Gasteiger partial charge in [0.1, 0.15) is 5.82 Å². The van der Waals surface area contributed by atoms with Crippen LogP contribution in [0.3, 0.4) is 0 Å². The summed E-state index contributed by atoms with van der Waals surface area (Å²) in [6.07, 6.45) is 0.223. The molecule has 1 aliphatic rings. The Balaban J connectivity index is 1.51. The van der Waals surface area contributed by atoms with Crippen LogP contribution in [0.25, 0.3) is 0 Å². The molecule has 2 aromatic carbocycles. The summed E-state index contributed by atoms with van der Waals surface area (Å²) in [5.41, 5.74) is 1.46. The largest absolute Gasteiger partial charge is 0.454 e. The average molecular weight is 386 g/mol. The normalized spacial score (nSPS) is 13.3. The molecule has 0 radical (unpaired) electrons. The molecule has 148 valence electrons. The van der Waals surface area contributed by atoms with E-state index in [1.54, 1.807) is 30.3 Å². The van der Waals surface area contributed by atoms with Gasteiger partial charge in [-0.05, 0) is 41.7 Å². The Bertz CT molecular complexity index is 852. The fourth-order valence-corrected chi connectivity index (χ4v) is 3.08. The van der Waals surface area contributed by atoms with E-state index in [0.717, 1.165) is 5.56 Å². The van der Waals surface area contributed by atoms with Gasteiger partial charge < -0.3 is 20.1 Å². The highest BCUT2D eigenvalue weighted by molar-refractivity contribution is 5.94. The van der Waals surface area contributed by atoms with Gasteiger partial charge in [-0.15, -0.1) is 0 Å². The van der Waals surface area contributed by atoms with Crippen LogP contribution in [-0.2, 0) is 9.59 Å². The van der Waals surface area contributed by atoms with E-state index in [0.29, 0.717) is 17.2 Å². The van der Waals surface area contributed by atoms with Crippen molar-refractivity contribution in [3.63, 3.8) is 0 Å². The molecule has 7 heteroatoms. The number of hydrogen-bond acceptors (Lipinski definition) is 4. The maximum absolute atomic E-state index is 13.1. The summed E-state index contributed by atoms with van der Waals surface area (Å²) in [7, 11) is 0. The standard InChI is InChI=1S/C21H23FN2O4/c1-13(2)17(14-3-5-15(22)6-4-14)10-20(25)23-11-21(26)24-16-7-8-18-19(9-16)28-12-27-18/h3-9,13,17H,10-12H2,1-2H3,(H,23,25)(H,24,26). The lowest BCUT2D eigenvalue weighted by atomic mass is 9.85. The van der Waals surface area contributed by atoms with Crippen molar-refractivity contribution < 1.29 is 23.5 Å². The zero-order valence-corrected chi connectivity index (χ0v) is 15.8. The zero-order valence-electron chi connectivity index (χ0n) is 15.8. The number of carbonyl (C=O) groups excluding carboxylic acids is 2. The second-order valence-electron chi connectivity index (χ2n) is 7.00. The van der Waals surface area contributed by atoms with E-state index in [2.05, 4.69) is 10.6 Å². The Kier molecular flexibility index (Phi) is 6.13. The first-order chi connectivity index (χ1) is 13.4. The van der Waals surface area contributed by atoms with E-state index in [1.807, 2.05) is 13.8 Å². The topological polar surface area (TPSA) is 76.7 Å². The number of fused-ring (bicyclic) bond motifs is 1. The molecule has 0 saturated carbocycles. The van der Waals surface area contributed by atoms with Crippen LogP contribution in [0.1, 0.15) is 31.7 Å². The van der Waals surface area contributed by atoms with Crippen LogP contribution in [0.5, 0.6) is 11.5 Å². The van der Waals surface area contributed by atoms with Gasteiger partial charge in [-0.25, -0.2) is 4.39 Å². The maximum Gasteiger partial charge on any atom is 0.243 e. The Hall–Kier alpha value is -3.09. The molecule has 1 heterocycles. The fourth-order valence-electron chi connectivity index (χ4n) is 3.08. The van der Waals surface area contributed by atoms with Crippen molar-refractivity contribution in [1.29, 1.82) is 0 Å². The highest BCUT2D eigenvalue weighted by Crippen LogP contribution is 2.34. The quantitative estimate of drug-likeness (QED) is 0.764. The van der Waals surface area contributed by atoms with Crippen molar-refractivity contribution in [3.05, 3.63) is 53.8 Å². The molecule has 2 N–H and O–H groups in total. The molecule has 2 aromatic rings. The van der Waals surface area contributed by atoms with Crippen LogP contribution < -0.4 is 20.1 Å². The third kappa shape index (κ3) is 5.00. The molecule has 0 fully saturated rings. The molecule has 0 aromatic heterocycles. The first kappa shape index (κ1) is 19.7. The first-order valence-electron chi connectivity index (χ1n) is 9.14. The van der Waals surface area contributed by atoms with Crippen molar-refractivity contribution >= 4 is 17.5 Å². The zero-order chi connectivity index (χ0) is 20.1. The number of rotatable bonds is 7. The monoisotopic (exact) mass is 386 g/mol. The van der Waals surface area contributed by atoms with E-state index < -0.39 is 0 Å². The van der Waals surface area contributed by atoms with Crippen molar-refractivity contribution in [3.8, 4) is 11.5 Å². The molecule has 0 spiro atoms. The number of amides is 2. The van der Waals surface area contributed by atoms with Gasteiger partial charge >= 0.3 is 0 Å². The summed E-state index contributed by atoms with van der Waals surface area (Å²) in [5.74, 6) is 0.457. The predicted molar refractivity (Wildman–Crippen MR) is 103 cm³/mol. The van der Waals surface area contributed by atoms with Crippen molar-refractivity contribution in [2.75, 3.05) is 18.7 Å². The first-order valence-corrected chi connectivity index (χ1v) is 9.14. The number of benzene rings is 2. The maximum atomic E-state index is 13.1. The summed E-state index contributed by atoms with van der Waals surface area (Å²) in [5, 5.41) is 5.35. The van der Waals surface area contributed by atoms with Crippen molar-refractivity contribution in [1.82, 2.24) is 5.32 Å². The molecule has 1 atom stereocenters. The molecule has 28 heavy (non-hydrogen) atoms. The number of anilines is 1. The molecule has 3 rings (SSSR count). The predicted octanol–water partition coefficient (Wildman–Crippen LogP) is 3.44. The second kappa shape index (κ2) is 8.73. The van der Waals surface area contributed by atoms with E-state index in [9.17, 15) is 14.0 Å². The Labute approximate surface area is 163 Å². The Morgan fingerprint density at radius 1 is 1.04 bits per heavy atom. The van der Waals surface area contributed by atoms with Gasteiger partial charge in [0.2, 0.25) is 18.6 Å². The molecule has 1 unspecified atom stereocenters. The fraction of sp³-hybridized carbons (Fsp3) is 0.333. The van der Waals surface area contributed by atoms with Crippen molar-refractivity contribution in [2.45, 2.75) is 26.2 Å². The highest BCUT2D eigenvalue weighted by Gasteiger charge is 2.20. The average Bonchev–Trinajstić information content (AvgIpc) is 3.13. The molecule has 0 aliphatic carbocycles. The molecular formula is C21H23FN2O4. The third-order valence-electron chi connectivity index (χ3n) is 4.61. The number of carbonyl (C=O) groups is 2. The summed E-state index contributed by atoms with van der Waals surface area (Å²) >= 11 is 0. The van der Waals surface area contributed by atoms with Gasteiger partial charge in [-0.3, -0.25) is 9.59 Å². The minimum atomic E-state index is -0.338. The number of nitrogens with one attached hydrogen (secondary N) is 2. The third-order valence-corrected chi connectivity index (χ3v) is 4.61. The number of ether oxygens (including phenoxy) is 2. The smallest absolute Gasteiger partial charge is 0.243 e. The van der Waals surface area contributed by atoms with E-state index >= 15 is 0 Å². The highest BCUT2D eigenvalue weighted by atomic mass is 19.1. The van der Waals surface area contributed by atoms with Gasteiger partial charge in [0, 0.05) is 18.2 Å². The van der Waals surface area contributed by atoms with Gasteiger partial charge in [-0.1, -0.05) is 26.0 Å². The van der Waals surface area contributed by atoms with Gasteiger partial charge in [-0.2, -0.15) is 0 Å². The molecule has 0 saturated heterocycles. The van der Waals surface area contributed by atoms with Gasteiger partial charge in [0.15, 0.2) is 11.5 Å². The molecule has 0 bridgehead atoms. The van der Waals surface area contributed by atoms with Crippen LogP contribution in [0.15, 0.2) is 42.5 Å². The lowest BCUT2D eigenvalue weighted by molar-refractivity contribution is -0.124. The van der Waals surface area contributed by atoms with E-state index in [-0.39, 0.29) is 49.2 Å². The second-order valence-corrected chi connectivity index (χ2v) is 7.00. The van der Waals surface area contributed by atoms with Crippen LogP contribution in [0.4, 0.5) is 10.1 Å². The summed E-state index contributed by atoms with van der Waals surface area (Å²) < 4.78 is 23.6. The molecule has 2 amide bonds. The molecular weight excluding hydrogens is 363 g/mol. The van der Waals surface area contributed by atoms with E-state index in [4.69, 9.17) is 9.47 Å². The molecule has 1 aliphatic heterocycles. The molecule has 6 nitrogen and oxygen atoms in total. The van der Waals surface area contributed by atoms with Gasteiger partial charge in [0.25, 0.3) is 0 Å². The van der Waals surface area contributed by atoms with E-state index in [1.165, 1.54) is 12.1 Å². The van der Waals surface area contributed by atoms with Crippen molar-refractivity contribution in [2.24, 2.45) is 5.92 Å². The number of hydrogen-bond donors (Lipinski definition) is 2. The lowest BCUT2D eigenvalue weighted by Crippen LogP contribution is -2.34. The Morgan fingerprint density at radius 3 is 2.46 bits per heavy atom. The summed E-state index contributed by atoms with van der Waals surface area (Å²) in [6.45, 7) is 4.04. The minimum absolute atomic E-state index is 0.0579. The van der Waals surface area contributed by atoms with Crippen LogP contribution in [0.2, 0.25) is 0 Å². The minimum Gasteiger partial charge on any atom is -0.454 e. The lowest BCUT2D eigenvalue weighted by Gasteiger charge is -2.21. The number of halogens is 1. The SMILES string of the molecule is CC(C)C(CC(=O)NCC(=O)Nc1ccc2c(c1)OCO2)c1ccc(F)cc1. The Morgan fingerprint density at radius 2 is 1.75 bits per heavy atom. The summed E-state index contributed by atoms with van der Waals surface area (Å²) in [6, 6.07) is 11.3. The van der Waals surface area contributed by atoms with Crippen LogP contribution in [-0.4, -0.2) is 25.2 Å². The summed E-state index contributed by atoms with van der Waals surface area (Å²) in [4.78, 5) is 24.4. The van der Waals surface area contributed by atoms with Crippen LogP contribution >= 0.6 is 0 Å². The van der Waals surface area contributed by atoms with Crippen LogP contribution in [0, 0.1) is 11.7 Å². The van der Waals surface area contributed by atoms with Gasteiger partial charge in [0.05, 0.1) is 6.54 Å².